The number of carboxylic acids is 1. The van der Waals surface area contributed by atoms with Crippen LogP contribution in [-0.2, 0) is 47.6 Å². The summed E-state index contributed by atoms with van der Waals surface area (Å²) in [6.45, 7) is -0.175. The highest BCUT2D eigenvalue weighted by Gasteiger charge is 2.60. The largest absolute Gasteiger partial charge is 0.477 e. The highest BCUT2D eigenvalue weighted by Crippen LogP contribution is 2.38. The molecule has 25 heteroatoms. The van der Waals surface area contributed by atoms with Crippen molar-refractivity contribution in [2.45, 2.75) is 149 Å². The lowest BCUT2D eigenvalue weighted by Gasteiger charge is -2.50. The molecule has 324 valence electrons. The topological polar surface area (TPSA) is 411 Å². The van der Waals surface area contributed by atoms with Gasteiger partial charge in [0.2, 0.25) is 11.8 Å². The zero-order valence-corrected chi connectivity index (χ0v) is 30.3. The summed E-state index contributed by atoms with van der Waals surface area (Å²) < 4.78 is 33.5. The summed E-state index contributed by atoms with van der Waals surface area (Å²) >= 11 is 0. The van der Waals surface area contributed by atoms with Gasteiger partial charge >= 0.3 is 5.97 Å². The second-order valence-corrected chi connectivity index (χ2v) is 13.7. The van der Waals surface area contributed by atoms with Crippen molar-refractivity contribution < 1.29 is 114 Å². The molecule has 3 aliphatic rings. The maximum Gasteiger partial charge on any atom is 0.364 e. The van der Waals surface area contributed by atoms with Crippen LogP contribution in [0.3, 0.4) is 0 Å². The number of hydrogen-bond donors (Lipinski definition) is 15. The van der Waals surface area contributed by atoms with Crippen LogP contribution in [0.2, 0.25) is 0 Å². The van der Waals surface area contributed by atoms with Crippen LogP contribution in [0.1, 0.15) is 27.2 Å². The number of nitrogens with one attached hydrogen (secondary N) is 2. The first kappa shape index (κ1) is 47.7. The van der Waals surface area contributed by atoms with E-state index in [9.17, 15) is 85.6 Å². The summed E-state index contributed by atoms with van der Waals surface area (Å²) in [5.41, 5.74) is 0. The van der Waals surface area contributed by atoms with Crippen LogP contribution in [-0.4, -0.2) is 232 Å². The summed E-state index contributed by atoms with van der Waals surface area (Å²) in [6.07, 6.45) is -35.3. The Morgan fingerprint density at radius 2 is 1.41 bits per heavy atom. The summed E-state index contributed by atoms with van der Waals surface area (Å²) in [5, 5.41) is 141. The molecule has 0 spiro atoms. The fourth-order valence-corrected chi connectivity index (χ4v) is 6.49. The van der Waals surface area contributed by atoms with Crippen LogP contribution in [0.25, 0.3) is 0 Å². The zero-order valence-electron chi connectivity index (χ0n) is 30.3. The number of amides is 2. The first-order chi connectivity index (χ1) is 26.2. The summed E-state index contributed by atoms with van der Waals surface area (Å²) in [7, 11) is 0. The number of aldehydes is 1. The van der Waals surface area contributed by atoms with E-state index in [0.29, 0.717) is 0 Å². The molecule has 0 aromatic heterocycles. The molecular weight excluding hydrogens is 768 g/mol. The Hall–Kier alpha value is -2.64. The SMILES string of the molecule is CC(=O)N[C@H]1[C@H]([C@@H](O)[C@H](O)CO)O[C@@](O[C@H]2[C@H](O)[C@@H](O[C@H]([C@@H](O[C@@H]3O[C@H](C)[C@@H](O)[C@H](O)[C@@H]3O)[C@@H](C=O)NC(C)=O)[C@H](O)CO)O[C@@H](CO)[C@@H]2O)(C(=O)O)C[C@@H]1O. The molecule has 3 rings (SSSR count). The highest BCUT2D eigenvalue weighted by atomic mass is 16.8. The molecule has 3 aliphatic heterocycles. The molecule has 0 radical (unpaired) electrons. The molecule has 3 saturated heterocycles. The van der Waals surface area contributed by atoms with Gasteiger partial charge in [0.25, 0.3) is 5.79 Å². The van der Waals surface area contributed by atoms with E-state index in [1.54, 1.807) is 0 Å². The quantitative estimate of drug-likeness (QED) is 0.0571. The number of carboxylic acid groups (broad SMARTS) is 1. The molecule has 0 saturated carbocycles. The van der Waals surface area contributed by atoms with Crippen LogP contribution in [0.15, 0.2) is 0 Å². The molecule has 2 amide bonds. The van der Waals surface area contributed by atoms with Gasteiger partial charge in [-0.25, -0.2) is 4.79 Å². The first-order valence-corrected chi connectivity index (χ1v) is 17.3. The number of carbonyl (C=O) groups excluding carboxylic acids is 3. The fraction of sp³-hybridized carbons (Fsp3) is 0.871. The lowest BCUT2D eigenvalue weighted by Crippen LogP contribution is -2.70. The fourth-order valence-electron chi connectivity index (χ4n) is 6.49. The molecule has 56 heavy (non-hydrogen) atoms. The molecule has 0 aromatic rings. The summed E-state index contributed by atoms with van der Waals surface area (Å²) in [6, 6.07) is -3.47. The van der Waals surface area contributed by atoms with Crippen LogP contribution >= 0.6 is 0 Å². The van der Waals surface area contributed by atoms with Gasteiger partial charge in [-0.2, -0.15) is 0 Å². The van der Waals surface area contributed by atoms with Crippen molar-refractivity contribution in [2.75, 3.05) is 19.8 Å². The predicted molar refractivity (Wildman–Crippen MR) is 174 cm³/mol. The van der Waals surface area contributed by atoms with Crippen molar-refractivity contribution in [1.82, 2.24) is 10.6 Å². The smallest absolute Gasteiger partial charge is 0.364 e. The number of aliphatic carboxylic acids is 1. The van der Waals surface area contributed by atoms with Gasteiger partial charge in [0.15, 0.2) is 12.6 Å². The third-order valence-electron chi connectivity index (χ3n) is 9.49. The standard InChI is InChI=1S/C31H52N2O23/c1-9-18(43)21(46)22(47)28(51-9)53-24(12(5-34)32-10(2)38)25(15(42)7-36)54-29-23(48)27(20(45)16(8-37)52-29)56-31(30(49)50)4-13(40)17(33-11(3)39)26(55-31)19(44)14(41)6-35/h5,9,12-29,35-37,40-48H,4,6-8H2,1-3H3,(H,32,38)(H,33,39)(H,49,50)/t9-,12-,13+,14-,15-,16+,17-,18-,19+,20+,21+,22+,23+,24+,25+,26-,27-,28+,29-,31+/m1/s1. The van der Waals surface area contributed by atoms with Gasteiger partial charge < -0.3 is 110 Å². The zero-order chi connectivity index (χ0) is 42.4. The molecular formula is C31H52N2O23. The average molecular weight is 821 g/mol. The maximum atomic E-state index is 12.8. The van der Waals surface area contributed by atoms with E-state index in [1.807, 2.05) is 0 Å². The Kier molecular flexibility index (Phi) is 17.4. The molecule has 25 nitrogen and oxygen atoms in total. The molecule has 0 unspecified atom stereocenters. The van der Waals surface area contributed by atoms with E-state index in [1.165, 1.54) is 6.92 Å². The highest BCUT2D eigenvalue weighted by molar-refractivity contribution is 5.78. The molecule has 0 bridgehead atoms. The molecule has 3 fully saturated rings. The second-order valence-electron chi connectivity index (χ2n) is 13.7. The minimum atomic E-state index is -3.16. The van der Waals surface area contributed by atoms with Crippen molar-refractivity contribution in [1.29, 1.82) is 0 Å². The van der Waals surface area contributed by atoms with Crippen molar-refractivity contribution >= 4 is 24.1 Å². The van der Waals surface area contributed by atoms with E-state index >= 15 is 0 Å². The monoisotopic (exact) mass is 820 g/mol. The van der Waals surface area contributed by atoms with Crippen LogP contribution in [0.4, 0.5) is 0 Å². The van der Waals surface area contributed by atoms with Crippen molar-refractivity contribution in [3.63, 3.8) is 0 Å². The van der Waals surface area contributed by atoms with Crippen LogP contribution < -0.4 is 10.6 Å². The van der Waals surface area contributed by atoms with Crippen molar-refractivity contribution in [3.8, 4) is 0 Å². The van der Waals surface area contributed by atoms with Gasteiger partial charge in [-0.05, 0) is 6.92 Å². The summed E-state index contributed by atoms with van der Waals surface area (Å²) in [5.74, 6) is -6.89. The second kappa shape index (κ2) is 20.4. The van der Waals surface area contributed by atoms with Gasteiger partial charge in [0.1, 0.15) is 91.7 Å². The minimum Gasteiger partial charge on any atom is -0.477 e. The number of carbonyl (C=O) groups is 4. The normalized spacial score (nSPS) is 39.7. The van der Waals surface area contributed by atoms with Gasteiger partial charge in [-0.15, -0.1) is 0 Å². The maximum absolute atomic E-state index is 12.8. The van der Waals surface area contributed by atoms with Crippen molar-refractivity contribution in [2.24, 2.45) is 0 Å². The van der Waals surface area contributed by atoms with E-state index in [-0.39, 0.29) is 6.29 Å². The minimum absolute atomic E-state index is 0.0793. The number of hydrogen-bond acceptors (Lipinski definition) is 22. The van der Waals surface area contributed by atoms with Crippen molar-refractivity contribution in [3.05, 3.63) is 0 Å². The number of aliphatic hydroxyl groups excluding tert-OH is 12. The van der Waals surface area contributed by atoms with Gasteiger partial charge in [-0.1, -0.05) is 0 Å². The lowest BCUT2D eigenvalue weighted by atomic mass is 9.88. The first-order valence-electron chi connectivity index (χ1n) is 17.3. The summed E-state index contributed by atoms with van der Waals surface area (Å²) in [4.78, 5) is 49.1. The van der Waals surface area contributed by atoms with Gasteiger partial charge in [-0.3, -0.25) is 9.59 Å². The molecule has 15 N–H and O–H groups in total. The van der Waals surface area contributed by atoms with E-state index in [2.05, 4.69) is 10.6 Å². The van der Waals surface area contributed by atoms with Crippen LogP contribution in [0.5, 0.6) is 0 Å². The lowest BCUT2D eigenvalue weighted by molar-refractivity contribution is -0.380. The average Bonchev–Trinajstić information content (AvgIpc) is 3.15. The van der Waals surface area contributed by atoms with Gasteiger partial charge in [0, 0.05) is 20.3 Å². The molecule has 3 heterocycles. The molecule has 0 aromatic carbocycles. The van der Waals surface area contributed by atoms with Crippen LogP contribution in [0, 0.1) is 0 Å². The van der Waals surface area contributed by atoms with E-state index in [0.717, 1.165) is 13.8 Å². The van der Waals surface area contributed by atoms with E-state index < -0.39 is 166 Å². The predicted octanol–water partition coefficient (Wildman–Crippen LogP) is -9.39. The number of ether oxygens (including phenoxy) is 6. The van der Waals surface area contributed by atoms with E-state index in [4.69, 9.17) is 28.4 Å². The Morgan fingerprint density at radius 1 is 0.821 bits per heavy atom. The number of aliphatic hydroxyl groups is 12. The molecule has 0 aliphatic carbocycles. The molecule has 20 atom stereocenters. The third kappa shape index (κ3) is 10.7. The number of rotatable bonds is 18. The Morgan fingerprint density at radius 3 is 1.93 bits per heavy atom. The Labute approximate surface area is 317 Å². The Bertz CT molecular complexity index is 1320. The van der Waals surface area contributed by atoms with Gasteiger partial charge in [0.05, 0.1) is 38.1 Å². The third-order valence-corrected chi connectivity index (χ3v) is 9.49. The Balaban J connectivity index is 2.06.